The lowest BCUT2D eigenvalue weighted by Crippen LogP contribution is -2.06. The van der Waals surface area contributed by atoms with Crippen molar-refractivity contribution >= 4 is 16.7 Å². The molecule has 0 aliphatic rings. The van der Waals surface area contributed by atoms with Gasteiger partial charge in [0.25, 0.3) is 0 Å². The smallest absolute Gasteiger partial charge is 0.339 e. The van der Waals surface area contributed by atoms with Crippen LogP contribution in [0.2, 0.25) is 0 Å². The molecule has 0 saturated carbocycles. The van der Waals surface area contributed by atoms with Crippen molar-refractivity contribution in [2.75, 3.05) is 20.3 Å². The molecule has 0 amide bonds. The van der Waals surface area contributed by atoms with Gasteiger partial charge in [0.15, 0.2) is 0 Å². The summed E-state index contributed by atoms with van der Waals surface area (Å²) in [5, 5.41) is 11.0. The topological polar surface area (TPSA) is 55.8 Å². The number of benzene rings is 2. The second-order valence-corrected chi connectivity index (χ2v) is 4.16. The molecule has 0 aliphatic carbocycles. The van der Waals surface area contributed by atoms with Crippen molar-refractivity contribution in [2.24, 2.45) is 0 Å². The Hall–Kier alpha value is -2.07. The van der Waals surface area contributed by atoms with Crippen molar-refractivity contribution < 1.29 is 19.4 Å². The van der Waals surface area contributed by atoms with Crippen LogP contribution in [0.4, 0.5) is 0 Å². The van der Waals surface area contributed by atoms with Crippen molar-refractivity contribution in [1.82, 2.24) is 0 Å². The molecule has 0 spiro atoms. The molecule has 1 N–H and O–H groups in total. The highest BCUT2D eigenvalue weighted by atomic mass is 16.5. The fourth-order valence-electron chi connectivity index (χ4n) is 1.94. The number of hydrogen-bond donors (Lipinski definition) is 1. The van der Waals surface area contributed by atoms with Crippen LogP contribution in [0.15, 0.2) is 36.4 Å². The monoisotopic (exact) mass is 260 g/mol. The van der Waals surface area contributed by atoms with E-state index in [4.69, 9.17) is 9.47 Å². The van der Waals surface area contributed by atoms with E-state index in [1.807, 2.05) is 24.3 Å². The van der Waals surface area contributed by atoms with E-state index in [0.717, 1.165) is 17.2 Å². The van der Waals surface area contributed by atoms with Gasteiger partial charge in [-0.25, -0.2) is 4.79 Å². The summed E-state index contributed by atoms with van der Waals surface area (Å²) in [7, 11) is 1.63. The van der Waals surface area contributed by atoms with E-state index in [9.17, 15) is 9.90 Å². The van der Waals surface area contributed by atoms with E-state index >= 15 is 0 Å². The van der Waals surface area contributed by atoms with Crippen LogP contribution < -0.4 is 4.74 Å². The minimum atomic E-state index is -0.979. The van der Waals surface area contributed by atoms with Crippen LogP contribution in [0.25, 0.3) is 10.8 Å². The Morgan fingerprint density at radius 1 is 1.16 bits per heavy atom. The summed E-state index contributed by atoms with van der Waals surface area (Å²) in [6.07, 6.45) is 0.721. The molecular weight excluding hydrogens is 244 g/mol. The SMILES string of the molecule is COCCCOc1c(C(=O)O)ccc2ccccc12. The van der Waals surface area contributed by atoms with E-state index < -0.39 is 5.97 Å². The summed E-state index contributed by atoms with van der Waals surface area (Å²) in [4.78, 5) is 11.2. The van der Waals surface area contributed by atoms with Crippen LogP contribution in [0.1, 0.15) is 16.8 Å². The Labute approximate surface area is 111 Å². The molecule has 0 bridgehead atoms. The fourth-order valence-corrected chi connectivity index (χ4v) is 1.94. The molecule has 2 aromatic rings. The minimum Gasteiger partial charge on any atom is -0.492 e. The molecule has 2 aromatic carbocycles. The average molecular weight is 260 g/mol. The number of hydrogen-bond acceptors (Lipinski definition) is 3. The maximum Gasteiger partial charge on any atom is 0.339 e. The summed E-state index contributed by atoms with van der Waals surface area (Å²) in [5.74, 6) is -0.547. The van der Waals surface area contributed by atoms with Crippen molar-refractivity contribution in [3.8, 4) is 5.75 Å². The Morgan fingerprint density at radius 2 is 1.95 bits per heavy atom. The van der Waals surface area contributed by atoms with Gasteiger partial charge in [-0.2, -0.15) is 0 Å². The van der Waals surface area contributed by atoms with Gasteiger partial charge in [-0.3, -0.25) is 0 Å². The lowest BCUT2D eigenvalue weighted by Gasteiger charge is -2.12. The van der Waals surface area contributed by atoms with Crippen LogP contribution in [0, 0.1) is 0 Å². The van der Waals surface area contributed by atoms with Crippen molar-refractivity contribution in [2.45, 2.75) is 6.42 Å². The van der Waals surface area contributed by atoms with Gasteiger partial charge in [0.05, 0.1) is 6.61 Å². The number of carboxylic acid groups (broad SMARTS) is 1. The summed E-state index contributed by atoms with van der Waals surface area (Å²) < 4.78 is 10.6. The van der Waals surface area contributed by atoms with E-state index in [1.165, 1.54) is 0 Å². The maximum atomic E-state index is 11.2. The molecule has 0 radical (unpaired) electrons. The van der Waals surface area contributed by atoms with Crippen molar-refractivity contribution in [3.05, 3.63) is 42.0 Å². The van der Waals surface area contributed by atoms with E-state index in [1.54, 1.807) is 19.2 Å². The molecule has 100 valence electrons. The molecular formula is C15H16O4. The molecule has 0 fully saturated rings. The molecule has 4 heteroatoms. The summed E-state index contributed by atoms with van der Waals surface area (Å²) >= 11 is 0. The standard InChI is InChI=1S/C15H16O4/c1-18-9-4-10-19-14-12-6-3-2-5-11(12)7-8-13(14)15(16)17/h2-3,5-8H,4,9-10H2,1H3,(H,16,17). The number of methoxy groups -OCH3 is 1. The minimum absolute atomic E-state index is 0.191. The number of ether oxygens (including phenoxy) is 2. The zero-order chi connectivity index (χ0) is 13.7. The Morgan fingerprint density at radius 3 is 2.68 bits per heavy atom. The van der Waals surface area contributed by atoms with Crippen molar-refractivity contribution in [1.29, 1.82) is 0 Å². The summed E-state index contributed by atoms with van der Waals surface area (Å²) in [5.41, 5.74) is 0.191. The van der Waals surface area contributed by atoms with Gasteiger partial charge in [0.2, 0.25) is 0 Å². The van der Waals surface area contributed by atoms with Crippen LogP contribution in [0.5, 0.6) is 5.75 Å². The van der Waals surface area contributed by atoms with Gasteiger partial charge in [0, 0.05) is 25.5 Å². The molecule has 0 atom stereocenters. The van der Waals surface area contributed by atoms with Crippen LogP contribution in [0.3, 0.4) is 0 Å². The fraction of sp³-hybridized carbons (Fsp3) is 0.267. The highest BCUT2D eigenvalue weighted by Crippen LogP contribution is 2.30. The number of rotatable bonds is 6. The Kier molecular flexibility index (Phi) is 4.36. The predicted molar refractivity (Wildman–Crippen MR) is 72.9 cm³/mol. The molecule has 4 nitrogen and oxygen atoms in total. The third-order valence-corrected chi connectivity index (χ3v) is 2.85. The summed E-state index contributed by atoms with van der Waals surface area (Å²) in [6.45, 7) is 1.02. The number of carboxylic acids is 1. The van der Waals surface area contributed by atoms with Gasteiger partial charge in [-0.1, -0.05) is 30.3 Å². The average Bonchev–Trinajstić information content (AvgIpc) is 2.43. The second kappa shape index (κ2) is 6.20. The highest BCUT2D eigenvalue weighted by Gasteiger charge is 2.14. The van der Waals surface area contributed by atoms with Gasteiger partial charge < -0.3 is 14.6 Å². The predicted octanol–water partition coefficient (Wildman–Crippen LogP) is 2.95. The maximum absolute atomic E-state index is 11.2. The van der Waals surface area contributed by atoms with Gasteiger partial charge in [-0.05, 0) is 11.5 Å². The van der Waals surface area contributed by atoms with Crippen LogP contribution in [-0.4, -0.2) is 31.4 Å². The third kappa shape index (κ3) is 3.03. The molecule has 19 heavy (non-hydrogen) atoms. The zero-order valence-corrected chi connectivity index (χ0v) is 10.8. The highest BCUT2D eigenvalue weighted by molar-refractivity contribution is 6.00. The molecule has 2 rings (SSSR count). The third-order valence-electron chi connectivity index (χ3n) is 2.85. The summed E-state index contributed by atoms with van der Waals surface area (Å²) in [6, 6.07) is 11.0. The first kappa shape index (κ1) is 13.4. The molecule has 0 aliphatic heterocycles. The first-order valence-electron chi connectivity index (χ1n) is 6.11. The first-order valence-corrected chi connectivity index (χ1v) is 6.11. The second-order valence-electron chi connectivity index (χ2n) is 4.16. The van der Waals surface area contributed by atoms with Gasteiger partial charge in [-0.15, -0.1) is 0 Å². The molecule has 0 aromatic heterocycles. The number of carbonyl (C=O) groups is 1. The van der Waals surface area contributed by atoms with Gasteiger partial charge in [0.1, 0.15) is 11.3 Å². The molecule has 0 saturated heterocycles. The van der Waals surface area contributed by atoms with Crippen LogP contribution >= 0.6 is 0 Å². The van der Waals surface area contributed by atoms with E-state index in [-0.39, 0.29) is 5.56 Å². The normalized spacial score (nSPS) is 10.6. The van der Waals surface area contributed by atoms with Crippen molar-refractivity contribution in [3.63, 3.8) is 0 Å². The lowest BCUT2D eigenvalue weighted by molar-refractivity contribution is 0.0692. The Bertz CT molecular complexity index is 577. The number of fused-ring (bicyclic) bond motifs is 1. The zero-order valence-electron chi connectivity index (χ0n) is 10.8. The molecule has 0 heterocycles. The van der Waals surface area contributed by atoms with Gasteiger partial charge >= 0.3 is 5.97 Å². The Balaban J connectivity index is 2.35. The first-order chi connectivity index (χ1) is 9.24. The lowest BCUT2D eigenvalue weighted by atomic mass is 10.1. The van der Waals surface area contributed by atoms with E-state index in [0.29, 0.717) is 19.0 Å². The van der Waals surface area contributed by atoms with Crippen LogP contribution in [-0.2, 0) is 4.74 Å². The van der Waals surface area contributed by atoms with E-state index in [2.05, 4.69) is 0 Å². The number of aromatic carboxylic acids is 1. The quantitative estimate of drug-likeness (QED) is 0.811. The molecule has 0 unspecified atom stereocenters. The largest absolute Gasteiger partial charge is 0.492 e.